The summed E-state index contributed by atoms with van der Waals surface area (Å²) in [6, 6.07) is 0. The van der Waals surface area contributed by atoms with Gasteiger partial charge < -0.3 is 29.6 Å². The molecule has 0 aliphatic heterocycles. The number of rotatable bonds is 13. The van der Waals surface area contributed by atoms with Gasteiger partial charge in [-0.05, 0) is 40.0 Å². The molecule has 0 saturated heterocycles. The van der Waals surface area contributed by atoms with Gasteiger partial charge in [0.25, 0.3) is 0 Å². The minimum absolute atomic E-state index is 0.0156. The summed E-state index contributed by atoms with van der Waals surface area (Å²) in [5.41, 5.74) is -0.0822. The molecule has 1 atom stereocenters. The van der Waals surface area contributed by atoms with Crippen molar-refractivity contribution < 1.29 is 38.1 Å². The summed E-state index contributed by atoms with van der Waals surface area (Å²) < 4.78 is 19.6. The Kier molecular flexibility index (Phi) is 12.7. The van der Waals surface area contributed by atoms with Crippen LogP contribution in [0.1, 0.15) is 41.0 Å². The van der Waals surface area contributed by atoms with E-state index in [4.69, 9.17) is 18.9 Å². The smallest absolute Gasteiger partial charge is 0.407 e. The largest absolute Gasteiger partial charge is 0.459 e. The first kappa shape index (κ1) is 28.0. The van der Waals surface area contributed by atoms with E-state index >= 15 is 0 Å². The minimum Gasteiger partial charge on any atom is -0.459 e. The Balaban J connectivity index is 4.07. The Hall–Kier alpha value is -3.04. The van der Waals surface area contributed by atoms with E-state index in [1.165, 1.54) is 13.8 Å². The number of hydrogen-bond donors (Lipinski definition) is 2. The molecular weight excluding hydrogens is 408 g/mol. The molecule has 31 heavy (non-hydrogen) atoms. The number of nitrogens with one attached hydrogen (secondary N) is 2. The second kappa shape index (κ2) is 14.1. The van der Waals surface area contributed by atoms with Gasteiger partial charge in [-0.2, -0.15) is 0 Å². The number of esters is 2. The van der Waals surface area contributed by atoms with Crippen molar-refractivity contribution in [3.63, 3.8) is 0 Å². The Morgan fingerprint density at radius 1 is 0.806 bits per heavy atom. The molecule has 10 heteroatoms. The molecule has 0 aromatic carbocycles. The zero-order valence-corrected chi connectivity index (χ0v) is 19.0. The van der Waals surface area contributed by atoms with Gasteiger partial charge in [-0.1, -0.05) is 20.1 Å². The maximum Gasteiger partial charge on any atom is 0.407 e. The van der Waals surface area contributed by atoms with E-state index in [1.807, 2.05) is 20.8 Å². The highest BCUT2D eigenvalue weighted by Gasteiger charge is 2.28. The summed E-state index contributed by atoms with van der Waals surface area (Å²) in [7, 11) is 0. The molecule has 2 N–H and O–H groups in total. The molecular formula is C21H34N2O8. The van der Waals surface area contributed by atoms with Crippen LogP contribution in [-0.4, -0.2) is 62.6 Å². The van der Waals surface area contributed by atoms with Crippen molar-refractivity contribution in [3.05, 3.63) is 24.3 Å². The van der Waals surface area contributed by atoms with Crippen LogP contribution in [0.5, 0.6) is 0 Å². The average molecular weight is 443 g/mol. The van der Waals surface area contributed by atoms with E-state index in [0.717, 1.165) is 0 Å². The van der Waals surface area contributed by atoms with E-state index in [2.05, 4.69) is 23.8 Å². The lowest BCUT2D eigenvalue weighted by Crippen LogP contribution is -2.49. The second-order valence-corrected chi connectivity index (χ2v) is 7.57. The van der Waals surface area contributed by atoms with E-state index in [1.54, 1.807) is 0 Å². The van der Waals surface area contributed by atoms with Crippen LogP contribution in [0.15, 0.2) is 24.3 Å². The fourth-order valence-corrected chi connectivity index (χ4v) is 2.01. The number of alkyl carbamates (subject to hydrolysis) is 2. The zero-order chi connectivity index (χ0) is 24.0. The van der Waals surface area contributed by atoms with Crippen molar-refractivity contribution in [1.29, 1.82) is 0 Å². The first-order valence-corrected chi connectivity index (χ1v) is 9.87. The van der Waals surface area contributed by atoms with Crippen LogP contribution in [0.2, 0.25) is 0 Å². The van der Waals surface area contributed by atoms with Crippen LogP contribution < -0.4 is 10.6 Å². The van der Waals surface area contributed by atoms with E-state index in [-0.39, 0.29) is 43.5 Å². The fraction of sp³-hybridized carbons (Fsp3) is 0.619. The quantitative estimate of drug-likeness (QED) is 0.193. The van der Waals surface area contributed by atoms with E-state index in [0.29, 0.717) is 13.0 Å². The molecule has 0 aliphatic carbocycles. The molecule has 0 aliphatic rings. The monoisotopic (exact) mass is 442 g/mol. The predicted octanol–water partition coefficient (Wildman–Crippen LogP) is 2.48. The Morgan fingerprint density at radius 2 is 1.23 bits per heavy atom. The standard InChI is InChI=1S/C21H34N2O8/c1-14(2)17(24)28-10-12-30-19(26)22-9-8-16(5)21(6,7)23-20(27)31-13-11-29-18(25)15(3)4/h16H,1,3,8-13H2,2,4-7H3,(H,22,26)(H,23,27). The molecule has 0 fully saturated rings. The van der Waals surface area contributed by atoms with Gasteiger partial charge in [-0.15, -0.1) is 0 Å². The molecule has 0 aromatic rings. The number of amides is 2. The highest BCUT2D eigenvalue weighted by atomic mass is 16.6. The van der Waals surface area contributed by atoms with Crippen LogP contribution in [0.3, 0.4) is 0 Å². The highest BCUT2D eigenvalue weighted by molar-refractivity contribution is 5.87. The summed E-state index contributed by atoms with van der Waals surface area (Å²) >= 11 is 0. The van der Waals surface area contributed by atoms with Gasteiger partial charge in [-0.3, -0.25) is 0 Å². The number of hydrogen-bond acceptors (Lipinski definition) is 8. The van der Waals surface area contributed by atoms with Crippen LogP contribution in [0, 0.1) is 5.92 Å². The molecule has 0 aromatic heterocycles. The molecule has 1 unspecified atom stereocenters. The van der Waals surface area contributed by atoms with Crippen LogP contribution in [-0.2, 0) is 28.5 Å². The summed E-state index contributed by atoms with van der Waals surface area (Å²) in [5, 5.41) is 5.34. The van der Waals surface area contributed by atoms with Gasteiger partial charge in [0.1, 0.15) is 26.4 Å². The summed E-state index contributed by atoms with van der Waals surface area (Å²) in [6.45, 7) is 15.6. The molecule has 0 saturated carbocycles. The molecule has 176 valence electrons. The molecule has 0 radical (unpaired) electrons. The molecule has 0 rings (SSSR count). The first-order chi connectivity index (χ1) is 14.4. The number of ether oxygens (including phenoxy) is 4. The summed E-state index contributed by atoms with van der Waals surface area (Å²) in [6.07, 6.45) is -0.712. The minimum atomic E-state index is -0.639. The summed E-state index contributed by atoms with van der Waals surface area (Å²) in [4.78, 5) is 46.0. The third-order valence-electron chi connectivity index (χ3n) is 4.30. The van der Waals surface area contributed by atoms with Gasteiger partial charge in [0.2, 0.25) is 0 Å². The highest BCUT2D eigenvalue weighted by Crippen LogP contribution is 2.19. The Morgan fingerprint density at radius 3 is 1.68 bits per heavy atom. The first-order valence-electron chi connectivity index (χ1n) is 9.87. The topological polar surface area (TPSA) is 129 Å². The molecule has 2 amide bonds. The third-order valence-corrected chi connectivity index (χ3v) is 4.30. The van der Waals surface area contributed by atoms with Gasteiger partial charge in [0.05, 0.1) is 0 Å². The van der Waals surface area contributed by atoms with Gasteiger partial charge in [0, 0.05) is 23.2 Å². The second-order valence-electron chi connectivity index (χ2n) is 7.57. The van der Waals surface area contributed by atoms with Gasteiger partial charge >= 0.3 is 24.1 Å². The predicted molar refractivity (Wildman–Crippen MR) is 113 cm³/mol. The Labute approximate surface area is 183 Å². The third kappa shape index (κ3) is 13.0. The van der Waals surface area contributed by atoms with Gasteiger partial charge in [0.15, 0.2) is 0 Å². The van der Waals surface area contributed by atoms with Gasteiger partial charge in [-0.25, -0.2) is 19.2 Å². The van der Waals surface area contributed by atoms with Crippen molar-refractivity contribution >= 4 is 24.1 Å². The summed E-state index contributed by atoms with van der Waals surface area (Å²) in [5.74, 6) is -1.10. The van der Waals surface area contributed by atoms with Crippen LogP contribution in [0.4, 0.5) is 9.59 Å². The zero-order valence-electron chi connectivity index (χ0n) is 19.0. The van der Waals surface area contributed by atoms with Crippen LogP contribution in [0.25, 0.3) is 0 Å². The normalized spacial score (nSPS) is 11.5. The van der Waals surface area contributed by atoms with E-state index in [9.17, 15) is 19.2 Å². The number of carbonyl (C=O) groups is 4. The SMILES string of the molecule is C=C(C)C(=O)OCCOC(=O)NCCC(C)C(C)(C)NC(=O)OCCOC(=O)C(=C)C. The maximum absolute atomic E-state index is 11.9. The maximum atomic E-state index is 11.9. The van der Waals surface area contributed by atoms with Crippen molar-refractivity contribution in [2.45, 2.75) is 46.6 Å². The van der Waals surface area contributed by atoms with Crippen molar-refractivity contribution in [2.75, 3.05) is 33.0 Å². The van der Waals surface area contributed by atoms with Crippen molar-refractivity contribution in [2.24, 2.45) is 5.92 Å². The van der Waals surface area contributed by atoms with E-state index < -0.39 is 29.7 Å². The fourth-order valence-electron chi connectivity index (χ4n) is 2.01. The molecule has 0 spiro atoms. The number of carbonyl (C=O) groups excluding carboxylic acids is 4. The van der Waals surface area contributed by atoms with Crippen molar-refractivity contribution in [3.8, 4) is 0 Å². The lowest BCUT2D eigenvalue weighted by Gasteiger charge is -2.32. The lowest BCUT2D eigenvalue weighted by molar-refractivity contribution is -0.140. The molecule has 0 heterocycles. The lowest BCUT2D eigenvalue weighted by atomic mass is 9.86. The average Bonchev–Trinajstić information content (AvgIpc) is 2.67. The Bertz CT molecular complexity index is 672. The van der Waals surface area contributed by atoms with Crippen molar-refractivity contribution in [1.82, 2.24) is 10.6 Å². The van der Waals surface area contributed by atoms with Crippen LogP contribution >= 0.6 is 0 Å². The molecule has 10 nitrogen and oxygen atoms in total. The molecule has 0 bridgehead atoms.